The Morgan fingerprint density at radius 3 is 2.27 bits per heavy atom. The molecular formula is C22H26Cl2N2O3S. The predicted octanol–water partition coefficient (Wildman–Crippen LogP) is 5.30. The van der Waals surface area contributed by atoms with E-state index in [0.29, 0.717) is 47.5 Å². The summed E-state index contributed by atoms with van der Waals surface area (Å²) in [5.41, 5.74) is 2.31. The van der Waals surface area contributed by atoms with Crippen LogP contribution in [0.5, 0.6) is 0 Å². The number of carbonyl (C=O) groups is 1. The molecule has 0 radical (unpaired) electrons. The minimum Gasteiger partial charge on any atom is -0.326 e. The number of hydrogen-bond donors (Lipinski definition) is 1. The van der Waals surface area contributed by atoms with Crippen molar-refractivity contribution in [3.63, 3.8) is 0 Å². The van der Waals surface area contributed by atoms with Crippen molar-refractivity contribution >= 4 is 44.8 Å². The molecule has 2 aromatic rings. The fourth-order valence-corrected chi connectivity index (χ4v) is 6.00. The maximum Gasteiger partial charge on any atom is 0.227 e. The number of amides is 1. The largest absolute Gasteiger partial charge is 0.326 e. The summed E-state index contributed by atoms with van der Waals surface area (Å²) < 4.78 is 27.1. The Morgan fingerprint density at radius 2 is 1.67 bits per heavy atom. The van der Waals surface area contributed by atoms with Gasteiger partial charge in [-0.25, -0.2) is 12.7 Å². The fourth-order valence-electron chi connectivity index (χ4n) is 3.69. The number of halogens is 2. The molecule has 162 valence electrons. The lowest BCUT2D eigenvalue weighted by Gasteiger charge is -2.31. The van der Waals surface area contributed by atoms with Crippen LogP contribution in [-0.4, -0.2) is 31.7 Å². The average Bonchev–Trinajstić information content (AvgIpc) is 2.71. The molecule has 30 heavy (non-hydrogen) atoms. The third-order valence-corrected chi connectivity index (χ3v) is 7.96. The number of carbonyl (C=O) groups excluding carboxylic acids is 1. The summed E-state index contributed by atoms with van der Waals surface area (Å²) in [5.74, 6) is -0.232. The SMILES string of the molecule is CC(C)c1ccccc1NC(=O)C1CCN(S(=O)(=O)Cc2c(Cl)cccc2Cl)CC1. The van der Waals surface area contributed by atoms with Crippen molar-refractivity contribution < 1.29 is 13.2 Å². The van der Waals surface area contributed by atoms with E-state index in [9.17, 15) is 13.2 Å². The van der Waals surface area contributed by atoms with E-state index in [1.807, 2.05) is 24.3 Å². The molecule has 0 bridgehead atoms. The number of benzene rings is 2. The van der Waals surface area contributed by atoms with Crippen LogP contribution in [0.15, 0.2) is 42.5 Å². The van der Waals surface area contributed by atoms with Crippen LogP contribution in [0.4, 0.5) is 5.69 Å². The molecule has 0 atom stereocenters. The second-order valence-electron chi connectivity index (χ2n) is 7.86. The standard InChI is InChI=1S/C22H26Cl2N2O3S/c1-15(2)17-6-3-4-9-21(17)25-22(27)16-10-12-26(13-11-16)30(28,29)14-18-19(23)7-5-8-20(18)24/h3-9,15-16H,10-14H2,1-2H3,(H,25,27). The zero-order valence-electron chi connectivity index (χ0n) is 17.1. The van der Waals surface area contributed by atoms with E-state index < -0.39 is 10.0 Å². The van der Waals surface area contributed by atoms with Crippen LogP contribution in [0.3, 0.4) is 0 Å². The summed E-state index contributed by atoms with van der Waals surface area (Å²) in [6, 6.07) is 12.7. The molecule has 1 aliphatic rings. The van der Waals surface area contributed by atoms with Crippen molar-refractivity contribution in [3.8, 4) is 0 Å². The third kappa shape index (κ3) is 5.35. The maximum absolute atomic E-state index is 12.9. The molecule has 8 heteroatoms. The highest BCUT2D eigenvalue weighted by atomic mass is 35.5. The lowest BCUT2D eigenvalue weighted by Crippen LogP contribution is -2.42. The molecule has 1 fully saturated rings. The summed E-state index contributed by atoms with van der Waals surface area (Å²) in [7, 11) is -3.57. The first kappa shape index (κ1) is 23.1. The minimum atomic E-state index is -3.57. The molecule has 0 aromatic heterocycles. The molecule has 1 N–H and O–H groups in total. The van der Waals surface area contributed by atoms with Crippen molar-refractivity contribution in [2.45, 2.75) is 38.4 Å². The number of nitrogens with one attached hydrogen (secondary N) is 1. The van der Waals surface area contributed by atoms with Gasteiger partial charge in [0.15, 0.2) is 0 Å². The Morgan fingerprint density at radius 1 is 1.07 bits per heavy atom. The number of anilines is 1. The highest BCUT2D eigenvalue weighted by molar-refractivity contribution is 7.88. The second kappa shape index (κ2) is 9.69. The molecule has 3 rings (SSSR count). The lowest BCUT2D eigenvalue weighted by atomic mass is 9.96. The molecular weight excluding hydrogens is 443 g/mol. The summed E-state index contributed by atoms with van der Waals surface area (Å²) >= 11 is 12.3. The van der Waals surface area contributed by atoms with Gasteiger partial charge in [-0.05, 0) is 42.5 Å². The molecule has 1 saturated heterocycles. The van der Waals surface area contributed by atoms with E-state index in [-0.39, 0.29) is 17.6 Å². The normalized spacial score (nSPS) is 16.0. The Kier molecular flexibility index (Phi) is 7.45. The van der Waals surface area contributed by atoms with Gasteiger partial charge in [-0.3, -0.25) is 4.79 Å². The topological polar surface area (TPSA) is 66.5 Å². The lowest BCUT2D eigenvalue weighted by molar-refractivity contribution is -0.120. The predicted molar refractivity (Wildman–Crippen MR) is 123 cm³/mol. The quantitative estimate of drug-likeness (QED) is 0.625. The van der Waals surface area contributed by atoms with Gasteiger partial charge in [-0.2, -0.15) is 0 Å². The summed E-state index contributed by atoms with van der Waals surface area (Å²) in [5, 5.41) is 3.70. The molecule has 0 spiro atoms. The van der Waals surface area contributed by atoms with Gasteiger partial charge < -0.3 is 5.32 Å². The molecule has 0 saturated carbocycles. The maximum atomic E-state index is 12.9. The van der Waals surface area contributed by atoms with Gasteiger partial charge in [0.1, 0.15) is 0 Å². The summed E-state index contributed by atoms with van der Waals surface area (Å²) in [6.45, 7) is 4.77. The molecule has 5 nitrogen and oxygen atoms in total. The number of piperidine rings is 1. The van der Waals surface area contributed by atoms with Crippen LogP contribution in [0.1, 0.15) is 43.7 Å². The van der Waals surface area contributed by atoms with Crippen LogP contribution in [0.25, 0.3) is 0 Å². The average molecular weight is 469 g/mol. The molecule has 0 aliphatic carbocycles. The third-order valence-electron chi connectivity index (χ3n) is 5.45. The fraction of sp³-hybridized carbons (Fsp3) is 0.409. The first-order valence-electron chi connectivity index (χ1n) is 9.99. The van der Waals surface area contributed by atoms with Gasteiger partial charge in [0.25, 0.3) is 0 Å². The van der Waals surface area contributed by atoms with Gasteiger partial charge in [0.2, 0.25) is 15.9 Å². The van der Waals surface area contributed by atoms with Gasteiger partial charge in [0.05, 0.1) is 5.75 Å². The van der Waals surface area contributed by atoms with Gasteiger partial charge in [-0.15, -0.1) is 0 Å². The van der Waals surface area contributed by atoms with Crippen molar-refractivity contribution in [2.24, 2.45) is 5.92 Å². The van der Waals surface area contributed by atoms with Crippen molar-refractivity contribution in [1.82, 2.24) is 4.31 Å². The highest BCUT2D eigenvalue weighted by Gasteiger charge is 2.32. The monoisotopic (exact) mass is 468 g/mol. The van der Waals surface area contributed by atoms with Crippen molar-refractivity contribution in [3.05, 3.63) is 63.6 Å². The number of para-hydroxylation sites is 1. The number of nitrogens with zero attached hydrogens (tertiary/aromatic N) is 1. The van der Waals surface area contributed by atoms with Gasteiger partial charge >= 0.3 is 0 Å². The van der Waals surface area contributed by atoms with Crippen molar-refractivity contribution in [2.75, 3.05) is 18.4 Å². The Hall–Kier alpha value is -1.60. The Labute approximate surface area is 188 Å². The summed E-state index contributed by atoms with van der Waals surface area (Å²) in [4.78, 5) is 12.8. The van der Waals surface area contributed by atoms with Crippen LogP contribution in [0.2, 0.25) is 10.0 Å². The number of rotatable bonds is 6. The Bertz CT molecular complexity index is 997. The van der Waals surface area contributed by atoms with Gasteiger partial charge in [-0.1, -0.05) is 61.3 Å². The number of sulfonamides is 1. The molecule has 0 unspecified atom stereocenters. The van der Waals surface area contributed by atoms with Crippen molar-refractivity contribution in [1.29, 1.82) is 0 Å². The molecule has 1 heterocycles. The first-order valence-corrected chi connectivity index (χ1v) is 12.4. The van der Waals surface area contributed by atoms with Gasteiger partial charge in [0, 0.05) is 40.3 Å². The molecule has 1 aliphatic heterocycles. The molecule has 2 aromatic carbocycles. The van der Waals surface area contributed by atoms with E-state index in [1.54, 1.807) is 18.2 Å². The Balaban J connectivity index is 1.62. The zero-order chi connectivity index (χ0) is 21.9. The van der Waals surface area contributed by atoms with E-state index in [4.69, 9.17) is 23.2 Å². The molecule has 1 amide bonds. The first-order chi connectivity index (χ1) is 14.2. The summed E-state index contributed by atoms with van der Waals surface area (Å²) in [6.07, 6.45) is 0.955. The smallest absolute Gasteiger partial charge is 0.227 e. The van der Waals surface area contributed by atoms with E-state index in [1.165, 1.54) is 4.31 Å². The zero-order valence-corrected chi connectivity index (χ0v) is 19.4. The van der Waals surface area contributed by atoms with Crippen LogP contribution in [-0.2, 0) is 20.6 Å². The van der Waals surface area contributed by atoms with E-state index in [0.717, 1.165) is 11.3 Å². The van der Waals surface area contributed by atoms with Crippen LogP contribution >= 0.6 is 23.2 Å². The van der Waals surface area contributed by atoms with Crippen LogP contribution < -0.4 is 5.32 Å². The van der Waals surface area contributed by atoms with E-state index >= 15 is 0 Å². The van der Waals surface area contributed by atoms with Crippen LogP contribution in [0, 0.1) is 5.92 Å². The second-order valence-corrected chi connectivity index (χ2v) is 10.6. The highest BCUT2D eigenvalue weighted by Crippen LogP contribution is 2.30. The van der Waals surface area contributed by atoms with E-state index in [2.05, 4.69) is 19.2 Å². The minimum absolute atomic E-state index is 0.0608. The number of hydrogen-bond acceptors (Lipinski definition) is 3.